The van der Waals surface area contributed by atoms with Crippen molar-refractivity contribution in [3.05, 3.63) is 60.7 Å². The second kappa shape index (κ2) is 9.59. The van der Waals surface area contributed by atoms with Crippen LogP contribution >= 0.6 is 0 Å². The molecule has 0 radical (unpaired) electrons. The van der Waals surface area contributed by atoms with E-state index in [-0.39, 0.29) is 5.75 Å². The van der Waals surface area contributed by atoms with Crippen molar-refractivity contribution in [3.8, 4) is 5.75 Å². The summed E-state index contributed by atoms with van der Waals surface area (Å²) in [6.07, 6.45) is -2.82. The van der Waals surface area contributed by atoms with E-state index in [0.29, 0.717) is 0 Å². The number of nitrogens with zero attached hydrogens (tertiary/aromatic N) is 3. The van der Waals surface area contributed by atoms with E-state index in [9.17, 15) is 35.1 Å². The zero-order valence-corrected chi connectivity index (χ0v) is 12.6. The molecule has 0 bridgehead atoms. The number of carbonyl (C=O) groups is 1. The molecule has 1 aromatic rings. The van der Waals surface area contributed by atoms with Gasteiger partial charge in [0.05, 0.1) is 6.42 Å². The molecule has 1 rings (SSSR count). The third kappa shape index (κ3) is 7.54. The smallest absolute Gasteiger partial charge is 0.311 e. The summed E-state index contributed by atoms with van der Waals surface area (Å²) in [6, 6.07) is 6.11. The number of carbonyl (C=O) groups excluding carboxylic acids is 1. The summed E-state index contributed by atoms with van der Waals surface area (Å²) in [5.41, 5.74) is 0. The summed E-state index contributed by atoms with van der Waals surface area (Å²) in [7, 11) is 0. The number of rotatable bonds is 11. The molecule has 0 aliphatic rings. The van der Waals surface area contributed by atoms with Crippen molar-refractivity contribution >= 4 is 5.97 Å². The van der Waals surface area contributed by atoms with Gasteiger partial charge >= 0.3 is 5.97 Å². The third-order valence-electron chi connectivity index (χ3n) is 2.88. The van der Waals surface area contributed by atoms with E-state index >= 15 is 0 Å². The number of esters is 1. The lowest BCUT2D eigenvalue weighted by Crippen LogP contribution is -2.41. The molecule has 0 heterocycles. The lowest BCUT2D eigenvalue weighted by molar-refractivity contribution is -0.798. The Kier molecular flexibility index (Phi) is 7.49. The molecule has 13 heteroatoms. The number of hydrogen-bond acceptors (Lipinski definition) is 10. The molecule has 0 saturated heterocycles. The normalized spacial score (nSPS) is 12.5. The Morgan fingerprint density at radius 3 is 2.20 bits per heavy atom. The van der Waals surface area contributed by atoms with Crippen LogP contribution in [0.4, 0.5) is 0 Å². The maximum Gasteiger partial charge on any atom is 0.311 e. The summed E-state index contributed by atoms with van der Waals surface area (Å²) >= 11 is 0. The van der Waals surface area contributed by atoms with Crippen LogP contribution in [0.1, 0.15) is 12.8 Å². The van der Waals surface area contributed by atoms with Crippen molar-refractivity contribution in [2.75, 3.05) is 6.61 Å². The van der Waals surface area contributed by atoms with Crippen molar-refractivity contribution in [2.24, 2.45) is 0 Å². The molecular formula is C12H13N3O10. The Bertz CT molecular complexity index is 623. The van der Waals surface area contributed by atoms with Crippen molar-refractivity contribution < 1.29 is 34.3 Å². The molecule has 0 aromatic heterocycles. The maximum absolute atomic E-state index is 11.7. The van der Waals surface area contributed by atoms with Crippen LogP contribution in [0.15, 0.2) is 30.3 Å². The minimum Gasteiger partial charge on any atom is -0.427 e. The van der Waals surface area contributed by atoms with Crippen molar-refractivity contribution in [1.82, 2.24) is 0 Å². The Balaban J connectivity index is 2.68. The van der Waals surface area contributed by atoms with Gasteiger partial charge < -0.3 is 14.4 Å². The van der Waals surface area contributed by atoms with Crippen molar-refractivity contribution in [1.29, 1.82) is 0 Å². The molecule has 0 spiro atoms. The van der Waals surface area contributed by atoms with Gasteiger partial charge in [0.1, 0.15) is 12.4 Å². The van der Waals surface area contributed by atoms with Crippen LogP contribution in [0.2, 0.25) is 0 Å². The van der Waals surface area contributed by atoms with Gasteiger partial charge in [0.25, 0.3) is 10.2 Å². The number of hydrogen-bond donors (Lipinski definition) is 0. The standard InChI is InChI=1S/C12H13N3O10/c16-12(24-9-4-2-1-3-5-9)7-6-10(13(17)18)11(25-15(21)22)8-23-14(19)20/h1-5,10-11H,6-8H2. The first-order valence-corrected chi connectivity index (χ1v) is 6.77. The van der Waals surface area contributed by atoms with E-state index < -0.39 is 52.7 Å². The zero-order valence-electron chi connectivity index (χ0n) is 12.6. The van der Waals surface area contributed by atoms with Gasteiger partial charge in [0.15, 0.2) is 6.10 Å². The molecule has 2 atom stereocenters. The molecule has 0 saturated carbocycles. The van der Waals surface area contributed by atoms with E-state index in [1.165, 1.54) is 12.1 Å². The Morgan fingerprint density at radius 2 is 1.68 bits per heavy atom. The molecule has 0 amide bonds. The number of benzene rings is 1. The molecular weight excluding hydrogens is 346 g/mol. The molecule has 0 aliphatic carbocycles. The fraction of sp³-hybridized carbons (Fsp3) is 0.417. The van der Waals surface area contributed by atoms with E-state index in [0.717, 1.165) is 0 Å². The van der Waals surface area contributed by atoms with Crippen LogP contribution in [0.5, 0.6) is 5.75 Å². The fourth-order valence-corrected chi connectivity index (χ4v) is 1.82. The summed E-state index contributed by atoms with van der Waals surface area (Å²) in [6.45, 7) is -1.03. The zero-order chi connectivity index (χ0) is 18.8. The molecule has 136 valence electrons. The summed E-state index contributed by atoms with van der Waals surface area (Å²) < 4.78 is 4.93. The molecule has 25 heavy (non-hydrogen) atoms. The predicted octanol–water partition coefficient (Wildman–Crippen LogP) is 0.803. The highest BCUT2D eigenvalue weighted by atomic mass is 17.0. The fourth-order valence-electron chi connectivity index (χ4n) is 1.82. The molecule has 0 fully saturated rings. The van der Waals surface area contributed by atoms with Gasteiger partial charge in [-0.15, -0.1) is 20.2 Å². The summed E-state index contributed by atoms with van der Waals surface area (Å²) in [4.78, 5) is 50.4. The Hall–Kier alpha value is -3.51. The van der Waals surface area contributed by atoms with Gasteiger partial charge in [0, 0.05) is 11.3 Å². The molecule has 0 aliphatic heterocycles. The molecule has 1 aromatic carbocycles. The van der Waals surface area contributed by atoms with Gasteiger partial charge in [-0.25, -0.2) is 0 Å². The van der Waals surface area contributed by atoms with E-state index in [1.54, 1.807) is 18.2 Å². The van der Waals surface area contributed by atoms with Gasteiger partial charge in [0.2, 0.25) is 6.04 Å². The van der Waals surface area contributed by atoms with E-state index in [2.05, 4.69) is 9.68 Å². The number of ether oxygens (including phenoxy) is 1. The van der Waals surface area contributed by atoms with Crippen molar-refractivity contribution in [3.63, 3.8) is 0 Å². The van der Waals surface area contributed by atoms with Gasteiger partial charge in [-0.3, -0.25) is 14.9 Å². The number of para-hydroxylation sites is 1. The van der Waals surface area contributed by atoms with Crippen LogP contribution in [0.25, 0.3) is 0 Å². The molecule has 0 N–H and O–H groups in total. The average molecular weight is 359 g/mol. The van der Waals surface area contributed by atoms with Crippen LogP contribution in [-0.4, -0.2) is 39.8 Å². The van der Waals surface area contributed by atoms with Gasteiger partial charge in [-0.1, -0.05) is 18.2 Å². The first kappa shape index (κ1) is 19.5. The van der Waals surface area contributed by atoms with Crippen LogP contribution in [-0.2, 0) is 14.5 Å². The molecule has 13 nitrogen and oxygen atoms in total. The Morgan fingerprint density at radius 1 is 1.04 bits per heavy atom. The van der Waals surface area contributed by atoms with Crippen LogP contribution in [0, 0.1) is 30.3 Å². The number of nitro groups is 1. The second-order valence-electron chi connectivity index (χ2n) is 4.57. The lowest BCUT2D eigenvalue weighted by atomic mass is 10.1. The maximum atomic E-state index is 11.7. The highest BCUT2D eigenvalue weighted by molar-refractivity contribution is 5.72. The van der Waals surface area contributed by atoms with E-state index in [1.807, 2.05) is 0 Å². The minimum atomic E-state index is -1.86. The third-order valence-corrected chi connectivity index (χ3v) is 2.88. The summed E-state index contributed by atoms with van der Waals surface area (Å²) in [5, 5.41) is 29.0. The predicted molar refractivity (Wildman–Crippen MR) is 76.9 cm³/mol. The average Bonchev–Trinajstić information content (AvgIpc) is 2.52. The summed E-state index contributed by atoms with van der Waals surface area (Å²) in [5.74, 6) is -0.590. The topological polar surface area (TPSA) is 174 Å². The first-order chi connectivity index (χ1) is 11.8. The second-order valence-corrected chi connectivity index (χ2v) is 4.57. The highest BCUT2D eigenvalue weighted by Gasteiger charge is 2.36. The highest BCUT2D eigenvalue weighted by Crippen LogP contribution is 2.14. The van der Waals surface area contributed by atoms with E-state index in [4.69, 9.17) is 4.74 Å². The van der Waals surface area contributed by atoms with Crippen LogP contribution in [0.3, 0.4) is 0 Å². The Labute approximate surface area is 139 Å². The van der Waals surface area contributed by atoms with Crippen molar-refractivity contribution in [2.45, 2.75) is 25.0 Å². The first-order valence-electron chi connectivity index (χ1n) is 6.77. The largest absolute Gasteiger partial charge is 0.427 e. The van der Waals surface area contributed by atoms with Gasteiger partial charge in [-0.2, -0.15) is 0 Å². The minimum absolute atomic E-state index is 0.222. The quantitative estimate of drug-likeness (QED) is 0.238. The molecule has 2 unspecified atom stereocenters. The SMILES string of the molecule is O=C(CCC(C(CO[N+](=O)[O-])O[N+](=O)[O-])[N+](=O)[O-])Oc1ccccc1. The lowest BCUT2D eigenvalue weighted by Gasteiger charge is -2.17. The van der Waals surface area contributed by atoms with Gasteiger partial charge in [-0.05, 0) is 12.1 Å². The monoisotopic (exact) mass is 359 g/mol. The van der Waals surface area contributed by atoms with Crippen LogP contribution < -0.4 is 4.74 Å².